The lowest BCUT2D eigenvalue weighted by atomic mass is 9.74. The SMILES string of the molecule is Cc1ccccc1C1(CC(=O)N2CCN(C/C=C/c3ccccc3)CC2)CC(=O)N(C2CC2)C1=O. The Kier molecular flexibility index (Phi) is 6.56. The molecule has 2 aromatic carbocycles. The second kappa shape index (κ2) is 9.78. The van der Waals surface area contributed by atoms with Crippen LogP contribution in [0.15, 0.2) is 60.7 Å². The second-order valence-corrected chi connectivity index (χ2v) is 10.0. The minimum atomic E-state index is -1.09. The first-order chi connectivity index (χ1) is 17.0. The topological polar surface area (TPSA) is 60.9 Å². The molecule has 3 aliphatic rings. The number of benzene rings is 2. The van der Waals surface area contributed by atoms with E-state index in [1.165, 1.54) is 10.5 Å². The Morgan fingerprint density at radius 2 is 1.66 bits per heavy atom. The van der Waals surface area contributed by atoms with Crippen molar-refractivity contribution in [1.29, 1.82) is 0 Å². The number of nitrogens with zero attached hydrogens (tertiary/aromatic N) is 3. The number of hydrogen-bond acceptors (Lipinski definition) is 4. The maximum atomic E-state index is 13.7. The van der Waals surface area contributed by atoms with Gasteiger partial charge in [0.15, 0.2) is 0 Å². The van der Waals surface area contributed by atoms with Gasteiger partial charge < -0.3 is 4.90 Å². The molecule has 3 fully saturated rings. The number of piperazine rings is 1. The summed E-state index contributed by atoms with van der Waals surface area (Å²) in [6.45, 7) is 5.66. The average Bonchev–Trinajstić information content (AvgIpc) is 3.66. The van der Waals surface area contributed by atoms with Crippen LogP contribution in [0.25, 0.3) is 6.08 Å². The monoisotopic (exact) mass is 471 g/mol. The van der Waals surface area contributed by atoms with E-state index in [4.69, 9.17) is 0 Å². The van der Waals surface area contributed by atoms with Crippen molar-refractivity contribution in [2.24, 2.45) is 0 Å². The molecule has 2 aromatic rings. The van der Waals surface area contributed by atoms with Gasteiger partial charge in [-0.2, -0.15) is 0 Å². The van der Waals surface area contributed by atoms with E-state index in [1.807, 2.05) is 54.3 Å². The molecular formula is C29H33N3O3. The standard InChI is InChI=1S/C29H33N3O3/c1-22-8-5-6-12-25(22)29(21-27(34)32(28(29)35)24-13-14-24)20-26(33)31-18-16-30(17-19-31)15-7-11-23-9-3-2-4-10-23/h2-12,24H,13-21H2,1H3/b11-7+. The lowest BCUT2D eigenvalue weighted by molar-refractivity contribution is -0.143. The third-order valence-corrected chi connectivity index (χ3v) is 7.57. The first kappa shape index (κ1) is 23.5. The Bertz CT molecular complexity index is 1130. The third-order valence-electron chi connectivity index (χ3n) is 7.57. The van der Waals surface area contributed by atoms with Gasteiger partial charge in [0, 0.05) is 51.6 Å². The highest BCUT2D eigenvalue weighted by molar-refractivity contribution is 6.11. The summed E-state index contributed by atoms with van der Waals surface area (Å²) in [5.41, 5.74) is 1.87. The van der Waals surface area contributed by atoms with E-state index in [9.17, 15) is 14.4 Å². The van der Waals surface area contributed by atoms with Crippen LogP contribution >= 0.6 is 0 Å². The molecule has 5 rings (SSSR count). The summed E-state index contributed by atoms with van der Waals surface area (Å²) in [6, 6.07) is 17.9. The van der Waals surface area contributed by atoms with Gasteiger partial charge in [0.25, 0.3) is 0 Å². The number of imide groups is 1. The van der Waals surface area contributed by atoms with E-state index < -0.39 is 5.41 Å². The fourth-order valence-corrected chi connectivity index (χ4v) is 5.47. The maximum Gasteiger partial charge on any atom is 0.241 e. The van der Waals surface area contributed by atoms with Gasteiger partial charge in [-0.25, -0.2) is 0 Å². The van der Waals surface area contributed by atoms with Gasteiger partial charge >= 0.3 is 0 Å². The smallest absolute Gasteiger partial charge is 0.241 e. The summed E-state index contributed by atoms with van der Waals surface area (Å²) in [5.74, 6) is -0.354. The van der Waals surface area contributed by atoms with Crippen molar-refractivity contribution < 1.29 is 14.4 Å². The molecule has 1 unspecified atom stereocenters. The molecule has 35 heavy (non-hydrogen) atoms. The number of amides is 3. The Morgan fingerprint density at radius 3 is 2.34 bits per heavy atom. The molecule has 6 nitrogen and oxygen atoms in total. The molecule has 3 amide bonds. The van der Waals surface area contributed by atoms with Gasteiger partial charge in [-0.1, -0.05) is 66.7 Å². The number of rotatable bonds is 7. The van der Waals surface area contributed by atoms with Gasteiger partial charge in [0.1, 0.15) is 0 Å². The molecule has 2 saturated heterocycles. The van der Waals surface area contributed by atoms with E-state index in [2.05, 4.69) is 29.2 Å². The Balaban J connectivity index is 1.26. The van der Waals surface area contributed by atoms with Crippen LogP contribution in [0, 0.1) is 6.92 Å². The summed E-state index contributed by atoms with van der Waals surface area (Å²) >= 11 is 0. The molecule has 182 valence electrons. The lowest BCUT2D eigenvalue weighted by Gasteiger charge is -2.36. The van der Waals surface area contributed by atoms with Gasteiger partial charge in [-0.15, -0.1) is 0 Å². The normalized spacial score (nSPS) is 23.5. The fourth-order valence-electron chi connectivity index (χ4n) is 5.47. The van der Waals surface area contributed by atoms with Crippen LogP contribution < -0.4 is 0 Å². The van der Waals surface area contributed by atoms with Crippen molar-refractivity contribution in [3.8, 4) is 0 Å². The third kappa shape index (κ3) is 4.80. The molecule has 6 heteroatoms. The van der Waals surface area contributed by atoms with E-state index in [0.717, 1.165) is 43.6 Å². The number of hydrogen-bond donors (Lipinski definition) is 0. The predicted molar refractivity (Wildman–Crippen MR) is 135 cm³/mol. The van der Waals surface area contributed by atoms with E-state index >= 15 is 0 Å². The predicted octanol–water partition coefficient (Wildman–Crippen LogP) is 3.40. The summed E-state index contributed by atoms with van der Waals surface area (Å²) < 4.78 is 0. The summed E-state index contributed by atoms with van der Waals surface area (Å²) in [5, 5.41) is 0. The molecule has 1 aliphatic carbocycles. The van der Waals surface area contributed by atoms with Crippen LogP contribution in [0.4, 0.5) is 0 Å². The minimum absolute atomic E-state index is 0.0171. The maximum absolute atomic E-state index is 13.7. The first-order valence-electron chi connectivity index (χ1n) is 12.6. The van der Waals surface area contributed by atoms with Crippen molar-refractivity contribution in [3.05, 3.63) is 77.4 Å². The van der Waals surface area contributed by atoms with Crippen molar-refractivity contribution >= 4 is 23.8 Å². The first-order valence-corrected chi connectivity index (χ1v) is 12.6. The highest BCUT2D eigenvalue weighted by Gasteiger charge is 2.57. The number of likely N-dealkylation sites (tertiary alicyclic amines) is 1. The quantitative estimate of drug-likeness (QED) is 0.581. The minimum Gasteiger partial charge on any atom is -0.340 e. The lowest BCUT2D eigenvalue weighted by Crippen LogP contribution is -2.51. The Morgan fingerprint density at radius 1 is 0.971 bits per heavy atom. The molecule has 0 N–H and O–H groups in total. The summed E-state index contributed by atoms with van der Waals surface area (Å²) in [4.78, 5) is 45.8. The Labute approximate surface area is 207 Å². The molecule has 0 aromatic heterocycles. The molecule has 2 aliphatic heterocycles. The van der Waals surface area contributed by atoms with Crippen LogP contribution in [0.3, 0.4) is 0 Å². The molecule has 1 saturated carbocycles. The molecule has 0 spiro atoms. The summed E-state index contributed by atoms with van der Waals surface area (Å²) in [7, 11) is 0. The van der Waals surface area contributed by atoms with Gasteiger partial charge in [-0.05, 0) is 36.5 Å². The zero-order valence-corrected chi connectivity index (χ0v) is 20.4. The fraction of sp³-hybridized carbons (Fsp3) is 0.414. The van der Waals surface area contributed by atoms with Crippen molar-refractivity contribution in [2.45, 2.75) is 44.1 Å². The molecule has 0 bridgehead atoms. The summed E-state index contributed by atoms with van der Waals surface area (Å²) in [6.07, 6.45) is 6.17. The van der Waals surface area contributed by atoms with Gasteiger partial charge in [0.2, 0.25) is 17.7 Å². The zero-order valence-electron chi connectivity index (χ0n) is 20.4. The largest absolute Gasteiger partial charge is 0.340 e. The van der Waals surface area contributed by atoms with E-state index in [0.29, 0.717) is 13.1 Å². The van der Waals surface area contributed by atoms with Crippen LogP contribution in [0.1, 0.15) is 42.4 Å². The Hall–Kier alpha value is -3.25. The highest BCUT2D eigenvalue weighted by atomic mass is 16.2. The number of carbonyl (C=O) groups is 3. The van der Waals surface area contributed by atoms with Crippen LogP contribution in [-0.4, -0.2) is 71.2 Å². The van der Waals surface area contributed by atoms with Crippen LogP contribution in [-0.2, 0) is 19.8 Å². The van der Waals surface area contributed by atoms with Crippen LogP contribution in [0.5, 0.6) is 0 Å². The van der Waals surface area contributed by atoms with Crippen LogP contribution in [0.2, 0.25) is 0 Å². The molecule has 1 atom stereocenters. The van der Waals surface area contributed by atoms with Crippen molar-refractivity contribution in [1.82, 2.24) is 14.7 Å². The second-order valence-electron chi connectivity index (χ2n) is 10.0. The number of carbonyl (C=O) groups excluding carboxylic acids is 3. The van der Waals surface area contributed by atoms with E-state index in [-0.39, 0.29) is 36.6 Å². The van der Waals surface area contributed by atoms with Gasteiger partial charge in [-0.3, -0.25) is 24.2 Å². The molecule has 0 radical (unpaired) electrons. The molecular weight excluding hydrogens is 438 g/mol. The van der Waals surface area contributed by atoms with E-state index in [1.54, 1.807) is 0 Å². The zero-order chi connectivity index (χ0) is 24.4. The van der Waals surface area contributed by atoms with Crippen molar-refractivity contribution in [3.63, 3.8) is 0 Å². The highest BCUT2D eigenvalue weighted by Crippen LogP contribution is 2.45. The molecule has 2 heterocycles. The van der Waals surface area contributed by atoms with Crippen molar-refractivity contribution in [2.75, 3.05) is 32.7 Å². The van der Waals surface area contributed by atoms with Gasteiger partial charge in [0.05, 0.1) is 5.41 Å². The number of aryl methyl sites for hydroxylation is 1. The average molecular weight is 472 g/mol.